The molecule has 1 rings (SSSR count). The molecule has 3 heteroatoms. The van der Waals surface area contributed by atoms with Crippen LogP contribution in [0.3, 0.4) is 0 Å². The molecule has 3 nitrogen and oxygen atoms in total. The average molecular weight is 378 g/mol. The maximum atomic E-state index is 6.18. The first kappa shape index (κ1) is 23.8. The minimum absolute atomic E-state index is 0.626. The van der Waals surface area contributed by atoms with Gasteiger partial charge in [-0.2, -0.15) is 0 Å². The van der Waals surface area contributed by atoms with Crippen molar-refractivity contribution in [3.05, 3.63) is 23.8 Å². The zero-order chi connectivity index (χ0) is 19.9. The van der Waals surface area contributed by atoms with Crippen molar-refractivity contribution in [1.29, 1.82) is 0 Å². The molecule has 1 aromatic rings. The monoisotopic (exact) mass is 377 g/mol. The van der Waals surface area contributed by atoms with Gasteiger partial charge in [0.15, 0.2) is 0 Å². The Bertz CT molecular complexity index is 489. The Morgan fingerprint density at radius 2 is 1.44 bits per heavy atom. The van der Waals surface area contributed by atoms with E-state index in [4.69, 9.17) is 15.2 Å². The highest BCUT2D eigenvalue weighted by Gasteiger charge is 2.12. The van der Waals surface area contributed by atoms with Crippen molar-refractivity contribution in [3.8, 4) is 11.5 Å². The summed E-state index contributed by atoms with van der Waals surface area (Å²) in [4.78, 5) is 0. The molecule has 0 aliphatic rings. The molecular formula is C24H43NO2. The number of unbranched alkanes of at least 4 members (excludes halogenated alkanes) is 2. The predicted octanol–water partition coefficient (Wildman–Crippen LogP) is 6.38. The molecule has 0 aromatic heterocycles. The van der Waals surface area contributed by atoms with Crippen molar-refractivity contribution in [2.45, 2.75) is 85.5 Å². The van der Waals surface area contributed by atoms with Gasteiger partial charge >= 0.3 is 0 Å². The van der Waals surface area contributed by atoms with Crippen LogP contribution in [-0.4, -0.2) is 19.8 Å². The first-order valence-electron chi connectivity index (χ1n) is 11.3. The fourth-order valence-corrected chi connectivity index (χ4v) is 3.36. The summed E-state index contributed by atoms with van der Waals surface area (Å²) in [6.07, 6.45) is 10.7. The molecule has 1 aromatic carbocycles. The highest BCUT2D eigenvalue weighted by molar-refractivity contribution is 5.40. The lowest BCUT2D eigenvalue weighted by Crippen LogP contribution is -2.14. The van der Waals surface area contributed by atoms with E-state index in [-0.39, 0.29) is 0 Å². The Morgan fingerprint density at radius 3 is 1.96 bits per heavy atom. The quantitative estimate of drug-likeness (QED) is 0.363. The molecule has 2 unspecified atom stereocenters. The Balaban J connectivity index is 2.67. The molecule has 0 saturated heterocycles. The second-order valence-electron chi connectivity index (χ2n) is 7.76. The predicted molar refractivity (Wildman–Crippen MR) is 117 cm³/mol. The highest BCUT2D eigenvalue weighted by Crippen LogP contribution is 2.27. The van der Waals surface area contributed by atoms with Gasteiger partial charge in [-0.1, -0.05) is 66.2 Å². The lowest BCUT2D eigenvalue weighted by atomic mass is 10.0. The maximum absolute atomic E-state index is 6.18. The lowest BCUT2D eigenvalue weighted by molar-refractivity contribution is 0.226. The third kappa shape index (κ3) is 9.51. The van der Waals surface area contributed by atoms with Crippen molar-refractivity contribution < 1.29 is 9.47 Å². The normalized spacial score (nSPS) is 13.4. The van der Waals surface area contributed by atoms with Gasteiger partial charge in [-0.3, -0.25) is 0 Å². The minimum Gasteiger partial charge on any atom is -0.493 e. The van der Waals surface area contributed by atoms with Gasteiger partial charge < -0.3 is 15.2 Å². The number of nitrogens with two attached hydrogens (primary N) is 1. The van der Waals surface area contributed by atoms with Crippen LogP contribution >= 0.6 is 0 Å². The molecular weight excluding hydrogens is 334 g/mol. The van der Waals surface area contributed by atoms with E-state index in [1.165, 1.54) is 56.9 Å². The van der Waals surface area contributed by atoms with Gasteiger partial charge in [0, 0.05) is 0 Å². The highest BCUT2D eigenvalue weighted by atomic mass is 16.5. The summed E-state index contributed by atoms with van der Waals surface area (Å²) in [5.74, 6) is 3.19. The van der Waals surface area contributed by atoms with Crippen LogP contribution in [0, 0.1) is 11.8 Å². The second-order valence-corrected chi connectivity index (χ2v) is 7.76. The number of rotatable bonds is 16. The minimum atomic E-state index is 0.626. The summed E-state index contributed by atoms with van der Waals surface area (Å²) in [7, 11) is 0. The third-order valence-corrected chi connectivity index (χ3v) is 5.49. The number of hydrogen-bond donors (Lipinski definition) is 1. The SMILES string of the molecule is CCCCC(CC)COc1ccc(OCC(CC)CCCC)c(CCN)c1. The topological polar surface area (TPSA) is 44.5 Å². The molecule has 0 heterocycles. The molecule has 0 aliphatic carbocycles. The summed E-state index contributed by atoms with van der Waals surface area (Å²) >= 11 is 0. The molecule has 0 bridgehead atoms. The van der Waals surface area contributed by atoms with Crippen LogP contribution < -0.4 is 15.2 Å². The third-order valence-electron chi connectivity index (χ3n) is 5.49. The van der Waals surface area contributed by atoms with E-state index < -0.39 is 0 Å². The molecule has 0 spiro atoms. The van der Waals surface area contributed by atoms with E-state index in [1.807, 2.05) is 0 Å². The van der Waals surface area contributed by atoms with Gasteiger partial charge in [0.25, 0.3) is 0 Å². The average Bonchev–Trinajstić information content (AvgIpc) is 2.69. The largest absolute Gasteiger partial charge is 0.493 e. The van der Waals surface area contributed by atoms with Gasteiger partial charge in [-0.05, 0) is 61.4 Å². The van der Waals surface area contributed by atoms with E-state index in [1.54, 1.807) is 0 Å². The smallest absolute Gasteiger partial charge is 0.122 e. The molecule has 156 valence electrons. The summed E-state index contributed by atoms with van der Waals surface area (Å²) in [5.41, 5.74) is 7.00. The van der Waals surface area contributed by atoms with Crippen LogP contribution in [0.25, 0.3) is 0 Å². The molecule has 0 saturated carbocycles. The summed E-state index contributed by atoms with van der Waals surface area (Å²) < 4.78 is 12.3. The molecule has 27 heavy (non-hydrogen) atoms. The van der Waals surface area contributed by atoms with Crippen LogP contribution in [0.5, 0.6) is 11.5 Å². The van der Waals surface area contributed by atoms with E-state index >= 15 is 0 Å². The second kappa shape index (κ2) is 14.8. The molecule has 0 fully saturated rings. The van der Waals surface area contributed by atoms with Crippen molar-refractivity contribution in [2.24, 2.45) is 17.6 Å². The Labute approximate surface area is 168 Å². The van der Waals surface area contributed by atoms with Crippen molar-refractivity contribution >= 4 is 0 Å². The van der Waals surface area contributed by atoms with Crippen molar-refractivity contribution in [1.82, 2.24) is 0 Å². The van der Waals surface area contributed by atoms with E-state index in [0.29, 0.717) is 18.4 Å². The summed E-state index contributed by atoms with van der Waals surface area (Å²) in [5, 5.41) is 0. The van der Waals surface area contributed by atoms with Gasteiger partial charge in [0.05, 0.1) is 13.2 Å². The lowest BCUT2D eigenvalue weighted by Gasteiger charge is -2.19. The molecule has 2 atom stereocenters. The van der Waals surface area contributed by atoms with Gasteiger partial charge in [-0.15, -0.1) is 0 Å². The molecule has 0 aliphatic heterocycles. The fourth-order valence-electron chi connectivity index (χ4n) is 3.36. The van der Waals surface area contributed by atoms with Crippen LogP contribution in [-0.2, 0) is 6.42 Å². The van der Waals surface area contributed by atoms with Gasteiger partial charge in [0.2, 0.25) is 0 Å². The van der Waals surface area contributed by atoms with E-state index in [9.17, 15) is 0 Å². The van der Waals surface area contributed by atoms with Crippen LogP contribution in [0.4, 0.5) is 0 Å². The van der Waals surface area contributed by atoms with Crippen molar-refractivity contribution in [3.63, 3.8) is 0 Å². The van der Waals surface area contributed by atoms with Crippen molar-refractivity contribution in [2.75, 3.05) is 19.8 Å². The summed E-state index contributed by atoms with van der Waals surface area (Å²) in [6, 6.07) is 6.25. The van der Waals surface area contributed by atoms with E-state index in [0.717, 1.165) is 31.1 Å². The Hall–Kier alpha value is -1.22. The molecule has 2 N–H and O–H groups in total. The number of ether oxygens (including phenoxy) is 2. The first-order valence-corrected chi connectivity index (χ1v) is 11.3. The van der Waals surface area contributed by atoms with Crippen LogP contribution in [0.2, 0.25) is 0 Å². The van der Waals surface area contributed by atoms with Crippen LogP contribution in [0.1, 0.15) is 84.6 Å². The van der Waals surface area contributed by atoms with E-state index in [2.05, 4.69) is 45.9 Å². The molecule has 0 amide bonds. The van der Waals surface area contributed by atoms with Gasteiger partial charge in [0.1, 0.15) is 11.5 Å². The molecule has 0 radical (unpaired) electrons. The van der Waals surface area contributed by atoms with Gasteiger partial charge in [-0.25, -0.2) is 0 Å². The number of hydrogen-bond acceptors (Lipinski definition) is 3. The first-order chi connectivity index (χ1) is 13.2. The summed E-state index contributed by atoms with van der Waals surface area (Å²) in [6.45, 7) is 11.2. The van der Waals surface area contributed by atoms with Crippen LogP contribution in [0.15, 0.2) is 18.2 Å². The number of benzene rings is 1. The zero-order valence-electron chi connectivity index (χ0n) is 18.3. The fraction of sp³-hybridized carbons (Fsp3) is 0.750. The maximum Gasteiger partial charge on any atom is 0.122 e. The zero-order valence-corrected chi connectivity index (χ0v) is 18.3. The Kier molecular flexibility index (Phi) is 13.0. The Morgan fingerprint density at radius 1 is 0.852 bits per heavy atom. The standard InChI is InChI=1S/C24H43NO2/c1-5-9-11-20(7-3)18-26-23-13-14-24(22(17-23)15-16-25)27-19-21(8-4)12-10-6-2/h13-14,17,20-21H,5-12,15-16,18-19,25H2,1-4H3.